The number of amides is 1. The van der Waals surface area contributed by atoms with E-state index in [4.69, 9.17) is 4.74 Å². The number of hydrogen-bond acceptors (Lipinski definition) is 3. The number of carboxylic acid groups (broad SMARTS) is 1. The highest BCUT2D eigenvalue weighted by molar-refractivity contribution is 5.85. The molecule has 0 spiro atoms. The minimum absolute atomic E-state index is 0.251. The molecule has 1 aromatic rings. The van der Waals surface area contributed by atoms with Crippen molar-refractivity contribution in [1.29, 1.82) is 0 Å². The number of aliphatic carboxylic acids is 1. The van der Waals surface area contributed by atoms with E-state index in [0.717, 1.165) is 12.8 Å². The number of nitrogens with one attached hydrogen (secondary N) is 1. The highest BCUT2D eigenvalue weighted by Gasteiger charge is 2.27. The average Bonchev–Trinajstić information content (AvgIpc) is 2.46. The van der Waals surface area contributed by atoms with E-state index in [2.05, 4.69) is 5.32 Å². The van der Waals surface area contributed by atoms with Crippen LogP contribution in [-0.2, 0) is 14.3 Å². The molecule has 5 heteroatoms. The van der Waals surface area contributed by atoms with Crippen LogP contribution in [0.1, 0.15) is 24.4 Å². The van der Waals surface area contributed by atoms with Crippen LogP contribution in [0.3, 0.4) is 0 Å². The fourth-order valence-corrected chi connectivity index (χ4v) is 2.14. The molecule has 5 nitrogen and oxygen atoms in total. The van der Waals surface area contributed by atoms with Gasteiger partial charge in [0, 0.05) is 6.61 Å². The van der Waals surface area contributed by atoms with Gasteiger partial charge >= 0.3 is 5.97 Å². The molecule has 0 unspecified atom stereocenters. The SMILES string of the molecule is O=C(N[C@@H](C(=O)O)c1ccccc1)[C@@H]1CCCOC1. The maximum Gasteiger partial charge on any atom is 0.330 e. The van der Waals surface area contributed by atoms with Gasteiger partial charge in [-0.2, -0.15) is 0 Å². The first-order chi connectivity index (χ1) is 9.18. The Hall–Kier alpha value is -1.88. The first-order valence-electron chi connectivity index (χ1n) is 6.34. The molecule has 1 aromatic carbocycles. The Kier molecular flexibility index (Phi) is 4.52. The summed E-state index contributed by atoms with van der Waals surface area (Å²) in [6.45, 7) is 1.04. The van der Waals surface area contributed by atoms with Gasteiger partial charge in [0.2, 0.25) is 5.91 Å². The quantitative estimate of drug-likeness (QED) is 0.860. The zero-order valence-electron chi connectivity index (χ0n) is 10.5. The van der Waals surface area contributed by atoms with Crippen LogP contribution in [-0.4, -0.2) is 30.2 Å². The second kappa shape index (κ2) is 6.33. The zero-order chi connectivity index (χ0) is 13.7. The summed E-state index contributed by atoms with van der Waals surface area (Å²) in [5, 5.41) is 11.8. The Bertz CT molecular complexity index is 440. The molecule has 2 atom stereocenters. The van der Waals surface area contributed by atoms with Crippen molar-refractivity contribution in [2.24, 2.45) is 5.92 Å². The van der Waals surface area contributed by atoms with Crippen molar-refractivity contribution in [3.63, 3.8) is 0 Å². The Morgan fingerprint density at radius 3 is 2.63 bits per heavy atom. The van der Waals surface area contributed by atoms with Crippen LogP contribution >= 0.6 is 0 Å². The van der Waals surface area contributed by atoms with E-state index in [1.54, 1.807) is 30.3 Å². The van der Waals surface area contributed by atoms with Gasteiger partial charge < -0.3 is 15.2 Å². The van der Waals surface area contributed by atoms with E-state index in [9.17, 15) is 14.7 Å². The third-order valence-corrected chi connectivity index (χ3v) is 3.20. The second-order valence-corrected chi connectivity index (χ2v) is 4.60. The number of ether oxygens (including phenoxy) is 1. The van der Waals surface area contributed by atoms with Crippen LogP contribution in [0.15, 0.2) is 30.3 Å². The van der Waals surface area contributed by atoms with Crippen LogP contribution in [0.4, 0.5) is 0 Å². The molecule has 0 radical (unpaired) electrons. The number of rotatable bonds is 4. The molecule has 1 saturated heterocycles. The zero-order valence-corrected chi connectivity index (χ0v) is 10.5. The van der Waals surface area contributed by atoms with Crippen LogP contribution in [0.2, 0.25) is 0 Å². The van der Waals surface area contributed by atoms with E-state index >= 15 is 0 Å². The van der Waals surface area contributed by atoms with E-state index in [0.29, 0.717) is 18.8 Å². The molecule has 102 valence electrons. The molecular formula is C14H17NO4. The second-order valence-electron chi connectivity index (χ2n) is 4.60. The molecule has 0 saturated carbocycles. The van der Waals surface area contributed by atoms with Crippen LogP contribution in [0.5, 0.6) is 0 Å². The molecule has 0 aromatic heterocycles. The standard InChI is InChI=1S/C14H17NO4/c16-13(11-7-4-8-19-9-11)15-12(14(17)18)10-5-2-1-3-6-10/h1-3,5-6,11-12H,4,7-9H2,(H,15,16)(H,17,18)/t11-,12-/m1/s1. The van der Waals surface area contributed by atoms with Gasteiger partial charge in [0.15, 0.2) is 6.04 Å². The van der Waals surface area contributed by atoms with Crippen molar-refractivity contribution in [3.05, 3.63) is 35.9 Å². The van der Waals surface area contributed by atoms with Crippen molar-refractivity contribution < 1.29 is 19.4 Å². The van der Waals surface area contributed by atoms with Crippen molar-refractivity contribution in [2.75, 3.05) is 13.2 Å². The Labute approximate surface area is 111 Å². The van der Waals surface area contributed by atoms with E-state index in [1.165, 1.54) is 0 Å². The predicted molar refractivity (Wildman–Crippen MR) is 68.5 cm³/mol. The predicted octanol–water partition coefficient (Wildman–Crippen LogP) is 1.36. The van der Waals surface area contributed by atoms with Gasteiger partial charge in [-0.1, -0.05) is 30.3 Å². The van der Waals surface area contributed by atoms with Crippen LogP contribution < -0.4 is 5.32 Å². The lowest BCUT2D eigenvalue weighted by Gasteiger charge is -2.23. The lowest BCUT2D eigenvalue weighted by atomic mass is 10.00. The number of hydrogen-bond donors (Lipinski definition) is 2. The smallest absolute Gasteiger partial charge is 0.330 e. The lowest BCUT2D eigenvalue weighted by molar-refractivity contribution is -0.143. The van der Waals surface area contributed by atoms with Gasteiger partial charge in [-0.05, 0) is 18.4 Å². The minimum Gasteiger partial charge on any atom is -0.479 e. The Morgan fingerprint density at radius 2 is 2.05 bits per heavy atom. The normalized spacial score (nSPS) is 20.5. The molecule has 1 aliphatic heterocycles. The molecule has 1 fully saturated rings. The third-order valence-electron chi connectivity index (χ3n) is 3.20. The van der Waals surface area contributed by atoms with Crippen LogP contribution in [0.25, 0.3) is 0 Å². The highest BCUT2D eigenvalue weighted by atomic mass is 16.5. The lowest BCUT2D eigenvalue weighted by Crippen LogP contribution is -2.40. The minimum atomic E-state index is -1.06. The largest absolute Gasteiger partial charge is 0.479 e. The van der Waals surface area contributed by atoms with Gasteiger partial charge in [-0.15, -0.1) is 0 Å². The molecule has 2 N–H and O–H groups in total. The van der Waals surface area contributed by atoms with Crippen LogP contribution in [0, 0.1) is 5.92 Å². The van der Waals surface area contributed by atoms with Crippen molar-refractivity contribution >= 4 is 11.9 Å². The maximum absolute atomic E-state index is 12.0. The van der Waals surface area contributed by atoms with Crippen molar-refractivity contribution in [1.82, 2.24) is 5.32 Å². The summed E-state index contributed by atoms with van der Waals surface area (Å²) in [6, 6.07) is 7.68. The number of carbonyl (C=O) groups is 2. The van der Waals surface area contributed by atoms with Gasteiger partial charge in [0.1, 0.15) is 0 Å². The number of benzene rings is 1. The fourth-order valence-electron chi connectivity index (χ4n) is 2.14. The van der Waals surface area contributed by atoms with Gasteiger partial charge in [0.25, 0.3) is 0 Å². The van der Waals surface area contributed by atoms with E-state index in [1.807, 2.05) is 0 Å². The van der Waals surface area contributed by atoms with E-state index in [-0.39, 0.29) is 11.8 Å². The van der Waals surface area contributed by atoms with Crippen molar-refractivity contribution in [2.45, 2.75) is 18.9 Å². The molecule has 1 aliphatic rings. The summed E-state index contributed by atoms with van der Waals surface area (Å²) in [5.41, 5.74) is 0.570. The molecule has 19 heavy (non-hydrogen) atoms. The average molecular weight is 263 g/mol. The van der Waals surface area contributed by atoms with Gasteiger partial charge in [0.05, 0.1) is 12.5 Å². The summed E-state index contributed by atoms with van der Waals surface area (Å²) in [4.78, 5) is 23.3. The fraction of sp³-hybridized carbons (Fsp3) is 0.429. The van der Waals surface area contributed by atoms with E-state index < -0.39 is 12.0 Å². The van der Waals surface area contributed by atoms with Gasteiger partial charge in [-0.25, -0.2) is 4.79 Å². The molecule has 1 heterocycles. The Balaban J connectivity index is 2.04. The first-order valence-corrected chi connectivity index (χ1v) is 6.34. The molecule has 0 aliphatic carbocycles. The summed E-state index contributed by atoms with van der Waals surface area (Å²) in [5.74, 6) is -1.56. The number of carboxylic acids is 1. The molecule has 2 rings (SSSR count). The summed E-state index contributed by atoms with van der Waals surface area (Å²) in [7, 11) is 0. The summed E-state index contributed by atoms with van der Waals surface area (Å²) >= 11 is 0. The highest BCUT2D eigenvalue weighted by Crippen LogP contribution is 2.17. The van der Waals surface area contributed by atoms with Crippen molar-refractivity contribution in [3.8, 4) is 0 Å². The monoisotopic (exact) mass is 263 g/mol. The first kappa shape index (κ1) is 13.5. The van der Waals surface area contributed by atoms with Gasteiger partial charge in [-0.3, -0.25) is 4.79 Å². The molecule has 0 bridgehead atoms. The topological polar surface area (TPSA) is 75.6 Å². The maximum atomic E-state index is 12.0. The Morgan fingerprint density at radius 1 is 1.32 bits per heavy atom. The summed E-state index contributed by atoms with van der Waals surface area (Å²) < 4.78 is 5.24. The molecular weight excluding hydrogens is 246 g/mol. The molecule has 1 amide bonds. The number of carbonyl (C=O) groups excluding carboxylic acids is 1. The summed E-state index contributed by atoms with van der Waals surface area (Å²) in [6.07, 6.45) is 1.58. The third kappa shape index (κ3) is 3.54.